The second kappa shape index (κ2) is 3.51. The number of nitrogens with one attached hydrogen (secondary N) is 1. The predicted molar refractivity (Wildman–Crippen MR) is 57.2 cm³/mol. The van der Waals surface area contributed by atoms with Crippen LogP contribution in [0, 0.1) is 5.82 Å². The normalized spacial score (nSPS) is 10.5. The number of rotatable bonds is 1. The van der Waals surface area contributed by atoms with Gasteiger partial charge in [-0.1, -0.05) is 15.9 Å². The maximum Gasteiger partial charge on any atom is 0.149 e. The van der Waals surface area contributed by atoms with Gasteiger partial charge in [-0.05, 0) is 18.2 Å². The molecular weight excluding hydrogens is 249 g/mol. The van der Waals surface area contributed by atoms with Crippen LogP contribution in [0.25, 0.3) is 10.9 Å². The van der Waals surface area contributed by atoms with Crippen molar-refractivity contribution in [3.63, 3.8) is 0 Å². The van der Waals surface area contributed by atoms with Gasteiger partial charge in [-0.25, -0.2) is 4.39 Å². The molecule has 0 saturated carbocycles. The van der Waals surface area contributed by atoms with Gasteiger partial charge < -0.3 is 5.43 Å². The lowest BCUT2D eigenvalue weighted by molar-refractivity contribution is 0.636. The second-order valence-corrected chi connectivity index (χ2v) is 3.61. The fraction of sp³-hybridized carbons (Fsp3) is 0. The van der Waals surface area contributed by atoms with Crippen molar-refractivity contribution >= 4 is 32.5 Å². The molecule has 2 rings (SSSR count). The molecule has 3 N–H and O–H groups in total. The molecule has 5 heteroatoms. The fourth-order valence-corrected chi connectivity index (χ4v) is 1.85. The SMILES string of the molecule is NNc1ccnc2c(F)ccc(Br)c12. The number of anilines is 1. The van der Waals surface area contributed by atoms with Crippen LogP contribution in [0.4, 0.5) is 10.1 Å². The molecule has 0 radical (unpaired) electrons. The van der Waals surface area contributed by atoms with E-state index in [0.29, 0.717) is 16.6 Å². The van der Waals surface area contributed by atoms with Gasteiger partial charge in [0.2, 0.25) is 0 Å². The van der Waals surface area contributed by atoms with E-state index in [9.17, 15) is 4.39 Å². The van der Waals surface area contributed by atoms with Crippen molar-refractivity contribution in [3.05, 3.63) is 34.7 Å². The Hall–Kier alpha value is -1.20. The van der Waals surface area contributed by atoms with Crippen molar-refractivity contribution in [1.29, 1.82) is 0 Å². The van der Waals surface area contributed by atoms with Gasteiger partial charge in [-0.3, -0.25) is 10.8 Å². The molecule has 0 aliphatic carbocycles. The number of aromatic nitrogens is 1. The van der Waals surface area contributed by atoms with Crippen LogP contribution in [0.15, 0.2) is 28.9 Å². The van der Waals surface area contributed by atoms with E-state index >= 15 is 0 Å². The van der Waals surface area contributed by atoms with E-state index in [1.165, 1.54) is 12.3 Å². The molecule has 2 aromatic rings. The Bertz CT molecular complexity index is 487. The van der Waals surface area contributed by atoms with Crippen LogP contribution in [0.5, 0.6) is 0 Å². The number of benzene rings is 1. The molecule has 72 valence electrons. The van der Waals surface area contributed by atoms with Crippen LogP contribution in [0.1, 0.15) is 0 Å². The monoisotopic (exact) mass is 255 g/mol. The minimum atomic E-state index is -0.361. The maximum absolute atomic E-state index is 13.3. The average molecular weight is 256 g/mol. The van der Waals surface area contributed by atoms with E-state index in [2.05, 4.69) is 26.3 Å². The second-order valence-electron chi connectivity index (χ2n) is 2.76. The van der Waals surface area contributed by atoms with Gasteiger partial charge in [-0.2, -0.15) is 0 Å². The summed E-state index contributed by atoms with van der Waals surface area (Å²) in [6.45, 7) is 0. The summed E-state index contributed by atoms with van der Waals surface area (Å²) in [6.07, 6.45) is 1.51. The molecule has 0 fully saturated rings. The number of hydrogen-bond acceptors (Lipinski definition) is 3. The highest BCUT2D eigenvalue weighted by molar-refractivity contribution is 9.10. The van der Waals surface area contributed by atoms with E-state index in [1.807, 2.05) is 0 Å². The van der Waals surface area contributed by atoms with Crippen LogP contribution in [-0.2, 0) is 0 Å². The van der Waals surface area contributed by atoms with Gasteiger partial charge in [0, 0.05) is 16.1 Å². The van der Waals surface area contributed by atoms with Crippen LogP contribution in [-0.4, -0.2) is 4.98 Å². The summed E-state index contributed by atoms with van der Waals surface area (Å²) in [7, 11) is 0. The molecular formula is C9H7BrFN3. The van der Waals surface area contributed by atoms with Gasteiger partial charge in [-0.15, -0.1) is 0 Å². The number of nitrogens with zero attached hydrogens (tertiary/aromatic N) is 1. The van der Waals surface area contributed by atoms with Gasteiger partial charge in [0.1, 0.15) is 11.3 Å². The third kappa shape index (κ3) is 1.34. The summed E-state index contributed by atoms with van der Waals surface area (Å²) in [5, 5.41) is 0.648. The lowest BCUT2D eigenvalue weighted by Crippen LogP contribution is -2.07. The topological polar surface area (TPSA) is 50.9 Å². The fourth-order valence-electron chi connectivity index (χ4n) is 1.31. The highest BCUT2D eigenvalue weighted by Gasteiger charge is 2.08. The number of hydrazine groups is 1. The Kier molecular flexibility index (Phi) is 2.35. The quantitative estimate of drug-likeness (QED) is 0.608. The largest absolute Gasteiger partial charge is 0.323 e. The molecule has 0 aliphatic heterocycles. The standard InChI is InChI=1S/C9H7BrFN3/c10-5-1-2-6(11)9-8(5)7(14-12)3-4-13-9/h1-4H,12H2,(H,13,14). The number of hydrogen-bond donors (Lipinski definition) is 2. The van der Waals surface area contributed by atoms with Gasteiger partial charge >= 0.3 is 0 Å². The molecule has 14 heavy (non-hydrogen) atoms. The van der Waals surface area contributed by atoms with E-state index in [4.69, 9.17) is 5.84 Å². The lowest BCUT2D eigenvalue weighted by Gasteiger charge is -2.06. The summed E-state index contributed by atoms with van der Waals surface area (Å²) in [5.74, 6) is 4.95. The minimum Gasteiger partial charge on any atom is -0.323 e. The number of pyridine rings is 1. The van der Waals surface area contributed by atoms with Crippen molar-refractivity contribution in [3.8, 4) is 0 Å². The van der Waals surface area contributed by atoms with Gasteiger partial charge in [0.05, 0.1) is 5.69 Å². The van der Waals surface area contributed by atoms with E-state index in [1.54, 1.807) is 12.1 Å². The molecule has 1 aromatic heterocycles. The van der Waals surface area contributed by atoms with Crippen molar-refractivity contribution < 1.29 is 4.39 Å². The smallest absolute Gasteiger partial charge is 0.149 e. The molecule has 0 spiro atoms. The molecule has 1 aromatic carbocycles. The zero-order valence-electron chi connectivity index (χ0n) is 7.09. The predicted octanol–water partition coefficient (Wildman–Crippen LogP) is 2.42. The average Bonchev–Trinajstić information content (AvgIpc) is 2.23. The molecule has 0 bridgehead atoms. The number of fused-ring (bicyclic) bond motifs is 1. The highest BCUT2D eigenvalue weighted by atomic mass is 79.9. The number of nitrogen functional groups attached to an aromatic ring is 1. The summed E-state index contributed by atoms with van der Waals surface area (Å²) >= 11 is 3.32. The molecule has 1 heterocycles. The first-order valence-corrected chi connectivity index (χ1v) is 4.72. The summed E-state index contributed by atoms with van der Waals surface area (Å²) in [5.41, 5.74) is 3.44. The third-order valence-electron chi connectivity index (χ3n) is 1.95. The van der Waals surface area contributed by atoms with Crippen LogP contribution >= 0.6 is 15.9 Å². The van der Waals surface area contributed by atoms with Gasteiger partial charge in [0.25, 0.3) is 0 Å². The Morgan fingerprint density at radius 3 is 2.86 bits per heavy atom. The van der Waals surface area contributed by atoms with E-state index in [0.717, 1.165) is 4.47 Å². The van der Waals surface area contributed by atoms with Crippen molar-refractivity contribution in [1.82, 2.24) is 4.98 Å². The van der Waals surface area contributed by atoms with Crippen molar-refractivity contribution in [2.24, 2.45) is 5.84 Å². The van der Waals surface area contributed by atoms with E-state index < -0.39 is 0 Å². The van der Waals surface area contributed by atoms with Gasteiger partial charge in [0.15, 0.2) is 0 Å². The van der Waals surface area contributed by atoms with Crippen molar-refractivity contribution in [2.45, 2.75) is 0 Å². The summed E-state index contributed by atoms with van der Waals surface area (Å²) < 4.78 is 14.1. The molecule has 0 saturated heterocycles. The Balaban J connectivity index is 2.92. The third-order valence-corrected chi connectivity index (χ3v) is 2.61. The molecule has 0 amide bonds. The first-order valence-electron chi connectivity index (χ1n) is 3.93. The molecule has 0 aliphatic rings. The molecule has 0 unspecified atom stereocenters. The first-order chi connectivity index (χ1) is 6.74. The minimum absolute atomic E-state index is 0.301. The number of nitrogens with two attached hydrogens (primary N) is 1. The Morgan fingerprint density at radius 1 is 1.36 bits per heavy atom. The van der Waals surface area contributed by atoms with Crippen LogP contribution in [0.3, 0.4) is 0 Å². The Labute approximate surface area is 88.2 Å². The number of halogens is 2. The zero-order chi connectivity index (χ0) is 10.1. The molecule has 3 nitrogen and oxygen atoms in total. The summed E-state index contributed by atoms with van der Waals surface area (Å²) in [4.78, 5) is 3.95. The lowest BCUT2D eigenvalue weighted by atomic mass is 10.2. The van der Waals surface area contributed by atoms with Crippen LogP contribution < -0.4 is 11.3 Å². The first kappa shape index (κ1) is 9.36. The van der Waals surface area contributed by atoms with E-state index in [-0.39, 0.29) is 5.82 Å². The Morgan fingerprint density at radius 2 is 2.14 bits per heavy atom. The zero-order valence-corrected chi connectivity index (χ0v) is 8.68. The maximum atomic E-state index is 13.3. The van der Waals surface area contributed by atoms with Crippen LogP contribution in [0.2, 0.25) is 0 Å². The van der Waals surface area contributed by atoms with Crippen molar-refractivity contribution in [2.75, 3.05) is 5.43 Å². The highest BCUT2D eigenvalue weighted by Crippen LogP contribution is 2.30. The molecule has 0 atom stereocenters. The summed E-state index contributed by atoms with van der Waals surface area (Å²) in [6, 6.07) is 4.67.